The van der Waals surface area contributed by atoms with Crippen molar-refractivity contribution in [3.05, 3.63) is 71.6 Å². The second-order valence-electron chi connectivity index (χ2n) is 7.49. The van der Waals surface area contributed by atoms with E-state index in [0.717, 1.165) is 68.1 Å². The SMILES string of the molecule is Fc1ccc(-c2ccnc3[nH]c(-c4n[nH]c5ccc(C6C=CNCC6)cc45)cc23)s1. The van der Waals surface area contributed by atoms with Gasteiger partial charge in [-0.25, -0.2) is 4.98 Å². The van der Waals surface area contributed by atoms with Gasteiger partial charge in [0.15, 0.2) is 5.13 Å². The predicted molar refractivity (Wildman–Crippen MR) is 119 cm³/mol. The molecule has 0 fully saturated rings. The monoisotopic (exact) mass is 415 g/mol. The van der Waals surface area contributed by atoms with Gasteiger partial charge < -0.3 is 10.3 Å². The van der Waals surface area contributed by atoms with Gasteiger partial charge in [0.05, 0.1) is 11.2 Å². The number of aromatic amines is 2. The summed E-state index contributed by atoms with van der Waals surface area (Å²) in [6.07, 6.45) is 7.07. The number of nitrogens with one attached hydrogen (secondary N) is 3. The van der Waals surface area contributed by atoms with Crippen molar-refractivity contribution in [3.63, 3.8) is 0 Å². The number of aromatic nitrogens is 4. The summed E-state index contributed by atoms with van der Waals surface area (Å²) in [6.45, 7) is 0.983. The number of allylic oxidation sites excluding steroid dienone is 1. The molecule has 1 aliphatic heterocycles. The number of thiophene rings is 1. The Morgan fingerprint density at radius 2 is 2.03 bits per heavy atom. The molecule has 0 amide bonds. The molecule has 1 atom stereocenters. The number of fused-ring (bicyclic) bond motifs is 2. The zero-order valence-electron chi connectivity index (χ0n) is 15.9. The maximum atomic E-state index is 13.6. The number of nitrogens with zero attached hydrogens (tertiary/aromatic N) is 2. The molecule has 4 aromatic heterocycles. The van der Waals surface area contributed by atoms with Crippen molar-refractivity contribution in [3.8, 4) is 21.8 Å². The van der Waals surface area contributed by atoms with Crippen LogP contribution < -0.4 is 5.32 Å². The van der Waals surface area contributed by atoms with E-state index in [-0.39, 0.29) is 5.13 Å². The van der Waals surface area contributed by atoms with E-state index in [2.05, 4.69) is 55.8 Å². The topological polar surface area (TPSA) is 69.4 Å². The molecular formula is C23H18FN5S. The number of hydrogen-bond donors (Lipinski definition) is 3. The summed E-state index contributed by atoms with van der Waals surface area (Å²) in [5.41, 5.74) is 5.78. The molecule has 148 valence electrons. The van der Waals surface area contributed by atoms with E-state index in [1.807, 2.05) is 18.3 Å². The van der Waals surface area contributed by atoms with Crippen LogP contribution in [0.4, 0.5) is 4.39 Å². The van der Waals surface area contributed by atoms with Gasteiger partial charge in [0.1, 0.15) is 11.3 Å². The highest BCUT2D eigenvalue weighted by atomic mass is 32.1. The molecule has 5 heterocycles. The first-order chi connectivity index (χ1) is 14.8. The Labute approximate surface area is 175 Å². The zero-order chi connectivity index (χ0) is 20.1. The van der Waals surface area contributed by atoms with Gasteiger partial charge in [0.25, 0.3) is 0 Å². The number of pyridine rings is 1. The van der Waals surface area contributed by atoms with Gasteiger partial charge in [0.2, 0.25) is 0 Å². The van der Waals surface area contributed by atoms with Crippen LogP contribution >= 0.6 is 11.3 Å². The van der Waals surface area contributed by atoms with Gasteiger partial charge in [-0.15, -0.1) is 11.3 Å². The molecule has 6 rings (SSSR count). The Morgan fingerprint density at radius 1 is 1.07 bits per heavy atom. The quantitative estimate of drug-likeness (QED) is 0.361. The average Bonchev–Trinajstić information content (AvgIpc) is 3.51. The van der Waals surface area contributed by atoms with Crippen LogP contribution in [0.3, 0.4) is 0 Å². The second-order valence-corrected chi connectivity index (χ2v) is 8.53. The van der Waals surface area contributed by atoms with E-state index in [1.54, 1.807) is 6.20 Å². The van der Waals surface area contributed by atoms with Crippen LogP contribution in [0.15, 0.2) is 60.9 Å². The van der Waals surface area contributed by atoms with Gasteiger partial charge in [-0.05, 0) is 54.6 Å². The highest BCUT2D eigenvalue weighted by Crippen LogP contribution is 2.36. The van der Waals surface area contributed by atoms with Crippen LogP contribution in [0.5, 0.6) is 0 Å². The number of halogens is 1. The lowest BCUT2D eigenvalue weighted by Gasteiger charge is -2.17. The fourth-order valence-corrected chi connectivity index (χ4v) is 4.95. The summed E-state index contributed by atoms with van der Waals surface area (Å²) in [7, 11) is 0. The minimum absolute atomic E-state index is 0.191. The van der Waals surface area contributed by atoms with Crippen molar-refractivity contribution < 1.29 is 4.39 Å². The lowest BCUT2D eigenvalue weighted by atomic mass is 9.93. The normalized spacial score (nSPS) is 16.4. The maximum absolute atomic E-state index is 13.6. The minimum Gasteiger partial charge on any atom is -0.391 e. The maximum Gasteiger partial charge on any atom is 0.176 e. The van der Waals surface area contributed by atoms with Gasteiger partial charge in [0, 0.05) is 39.9 Å². The van der Waals surface area contributed by atoms with Gasteiger partial charge >= 0.3 is 0 Å². The standard InChI is InChI=1S/C23H18FN5S/c24-21-4-3-20(30-21)15-7-10-26-23-16(15)12-19(27-23)22-17-11-14(1-2-18(17)28-29-22)13-5-8-25-9-6-13/h1-5,7-8,10-13,25H,6,9H2,(H,26,27)(H,28,29). The molecular weight excluding hydrogens is 397 g/mol. The van der Waals surface area contributed by atoms with E-state index >= 15 is 0 Å². The molecule has 0 bridgehead atoms. The van der Waals surface area contributed by atoms with Gasteiger partial charge in [-0.3, -0.25) is 5.10 Å². The lowest BCUT2D eigenvalue weighted by molar-refractivity contribution is 0.657. The first-order valence-electron chi connectivity index (χ1n) is 9.88. The third kappa shape index (κ3) is 2.81. The molecule has 30 heavy (non-hydrogen) atoms. The van der Waals surface area contributed by atoms with Crippen molar-refractivity contribution in [2.75, 3.05) is 6.54 Å². The Kier molecular flexibility index (Phi) is 3.95. The smallest absolute Gasteiger partial charge is 0.176 e. The van der Waals surface area contributed by atoms with Gasteiger partial charge in [-0.1, -0.05) is 12.1 Å². The Balaban J connectivity index is 1.48. The first-order valence-corrected chi connectivity index (χ1v) is 10.7. The summed E-state index contributed by atoms with van der Waals surface area (Å²) < 4.78 is 13.6. The van der Waals surface area contributed by atoms with E-state index in [0.29, 0.717) is 5.92 Å². The largest absolute Gasteiger partial charge is 0.391 e. The molecule has 1 aliphatic rings. The number of benzene rings is 1. The number of hydrogen-bond acceptors (Lipinski definition) is 4. The molecule has 5 nitrogen and oxygen atoms in total. The van der Waals surface area contributed by atoms with Crippen LogP contribution in [0.2, 0.25) is 0 Å². The Bertz CT molecular complexity index is 1410. The molecule has 0 radical (unpaired) electrons. The molecule has 0 spiro atoms. The molecule has 0 saturated carbocycles. The highest BCUT2D eigenvalue weighted by Gasteiger charge is 2.17. The zero-order valence-corrected chi connectivity index (χ0v) is 16.8. The summed E-state index contributed by atoms with van der Waals surface area (Å²) in [6, 6.07) is 13.8. The number of rotatable bonds is 3. The van der Waals surface area contributed by atoms with Crippen molar-refractivity contribution in [1.29, 1.82) is 0 Å². The van der Waals surface area contributed by atoms with Crippen LogP contribution in [-0.2, 0) is 0 Å². The van der Waals surface area contributed by atoms with E-state index in [1.165, 1.54) is 11.6 Å². The molecule has 1 unspecified atom stereocenters. The summed E-state index contributed by atoms with van der Waals surface area (Å²) in [4.78, 5) is 8.76. The Morgan fingerprint density at radius 3 is 2.87 bits per heavy atom. The third-order valence-electron chi connectivity index (χ3n) is 5.69. The first kappa shape index (κ1) is 17.4. The number of H-pyrrole nitrogens is 2. The highest BCUT2D eigenvalue weighted by molar-refractivity contribution is 7.14. The van der Waals surface area contributed by atoms with Crippen LogP contribution in [-0.4, -0.2) is 26.7 Å². The molecule has 5 aromatic rings. The molecule has 7 heteroatoms. The summed E-state index contributed by atoms with van der Waals surface area (Å²) in [5, 5.41) is 12.8. The summed E-state index contributed by atoms with van der Waals surface area (Å²) >= 11 is 1.14. The van der Waals surface area contributed by atoms with E-state index in [4.69, 9.17) is 0 Å². The Hall–Kier alpha value is -3.45. The molecule has 3 N–H and O–H groups in total. The molecule has 0 aliphatic carbocycles. The van der Waals surface area contributed by atoms with Crippen LogP contribution in [0.25, 0.3) is 43.8 Å². The van der Waals surface area contributed by atoms with Crippen LogP contribution in [0.1, 0.15) is 17.9 Å². The fourth-order valence-electron chi connectivity index (χ4n) is 4.18. The van der Waals surface area contributed by atoms with Gasteiger partial charge in [-0.2, -0.15) is 9.49 Å². The van der Waals surface area contributed by atoms with Crippen LogP contribution in [0, 0.1) is 5.13 Å². The van der Waals surface area contributed by atoms with E-state index < -0.39 is 0 Å². The lowest BCUT2D eigenvalue weighted by Crippen LogP contribution is -2.15. The van der Waals surface area contributed by atoms with E-state index in [9.17, 15) is 4.39 Å². The molecule has 0 saturated heterocycles. The minimum atomic E-state index is -0.191. The predicted octanol–water partition coefficient (Wildman–Crippen LogP) is 5.56. The summed E-state index contributed by atoms with van der Waals surface area (Å²) in [5.74, 6) is 0.406. The van der Waals surface area contributed by atoms with Crippen molar-refractivity contribution in [2.24, 2.45) is 0 Å². The fraction of sp³-hybridized carbons (Fsp3) is 0.130. The average molecular weight is 415 g/mol. The van der Waals surface area contributed by atoms with Crippen molar-refractivity contribution in [1.82, 2.24) is 25.5 Å². The second kappa shape index (κ2) is 6.81. The van der Waals surface area contributed by atoms with Crippen molar-refractivity contribution in [2.45, 2.75) is 12.3 Å². The molecule has 1 aromatic carbocycles. The third-order valence-corrected chi connectivity index (χ3v) is 6.59. The van der Waals surface area contributed by atoms with Crippen molar-refractivity contribution >= 4 is 33.3 Å².